The molecule has 1 aromatic heterocycles. The van der Waals surface area contributed by atoms with Gasteiger partial charge in [-0.05, 0) is 44.0 Å². The summed E-state index contributed by atoms with van der Waals surface area (Å²) in [6, 6.07) is 14.8. The lowest BCUT2D eigenvalue weighted by atomic mass is 10.1. The first-order chi connectivity index (χ1) is 12.6. The number of carbonyl (C=O) groups excluding carboxylic acids is 1. The predicted octanol–water partition coefficient (Wildman–Crippen LogP) is 4.68. The molecule has 6 heteroatoms. The van der Waals surface area contributed by atoms with Crippen molar-refractivity contribution in [3.8, 4) is 11.4 Å². The number of benzene rings is 2. The molecular formula is C20H18ClN3O2. The second-order valence-corrected chi connectivity index (χ2v) is 6.87. The minimum Gasteiger partial charge on any atom is -0.337 e. The zero-order valence-corrected chi connectivity index (χ0v) is 15.1. The van der Waals surface area contributed by atoms with Gasteiger partial charge in [-0.2, -0.15) is 4.98 Å². The van der Waals surface area contributed by atoms with Gasteiger partial charge in [-0.3, -0.25) is 4.79 Å². The Bertz CT molecular complexity index is 936. The van der Waals surface area contributed by atoms with Gasteiger partial charge < -0.3 is 9.42 Å². The van der Waals surface area contributed by atoms with Crippen LogP contribution in [0.2, 0.25) is 5.02 Å². The third kappa shape index (κ3) is 3.10. The van der Waals surface area contributed by atoms with Crippen molar-refractivity contribution in [1.29, 1.82) is 0 Å². The molecule has 1 saturated heterocycles. The highest BCUT2D eigenvalue weighted by atomic mass is 35.5. The average Bonchev–Trinajstić information content (AvgIpc) is 3.31. The summed E-state index contributed by atoms with van der Waals surface area (Å²) in [5.41, 5.74) is 2.52. The van der Waals surface area contributed by atoms with Crippen LogP contribution in [-0.4, -0.2) is 27.5 Å². The minimum absolute atomic E-state index is 0.00927. The van der Waals surface area contributed by atoms with Gasteiger partial charge in [0.15, 0.2) is 0 Å². The quantitative estimate of drug-likeness (QED) is 0.674. The SMILES string of the molecule is Cc1ccc(C(=O)N2CCC[C@H]2c2nc(-c3ccccc3Cl)no2)cc1. The summed E-state index contributed by atoms with van der Waals surface area (Å²) in [5.74, 6) is 0.892. The van der Waals surface area contributed by atoms with Crippen molar-refractivity contribution in [1.82, 2.24) is 15.0 Å². The molecule has 1 fully saturated rings. The number of nitrogens with zero attached hydrogens (tertiary/aromatic N) is 3. The monoisotopic (exact) mass is 367 g/mol. The van der Waals surface area contributed by atoms with Crippen molar-refractivity contribution < 1.29 is 9.32 Å². The fourth-order valence-electron chi connectivity index (χ4n) is 3.25. The average molecular weight is 368 g/mol. The van der Waals surface area contributed by atoms with E-state index in [4.69, 9.17) is 16.1 Å². The molecule has 5 nitrogen and oxygen atoms in total. The first-order valence-corrected chi connectivity index (χ1v) is 8.97. The fourth-order valence-corrected chi connectivity index (χ4v) is 3.47. The van der Waals surface area contributed by atoms with E-state index in [9.17, 15) is 4.79 Å². The van der Waals surface area contributed by atoms with Crippen LogP contribution in [0.5, 0.6) is 0 Å². The van der Waals surface area contributed by atoms with Crippen molar-refractivity contribution in [2.24, 2.45) is 0 Å². The molecule has 2 heterocycles. The van der Waals surface area contributed by atoms with Crippen molar-refractivity contribution >= 4 is 17.5 Å². The van der Waals surface area contributed by atoms with Gasteiger partial charge in [-0.25, -0.2) is 0 Å². The number of aryl methyl sites for hydroxylation is 1. The molecule has 26 heavy (non-hydrogen) atoms. The van der Waals surface area contributed by atoms with E-state index in [1.807, 2.05) is 54.3 Å². The largest absolute Gasteiger partial charge is 0.337 e. The number of hydrogen-bond donors (Lipinski definition) is 0. The van der Waals surface area contributed by atoms with Gasteiger partial charge in [-0.1, -0.05) is 46.6 Å². The van der Waals surface area contributed by atoms with Crippen LogP contribution in [0.4, 0.5) is 0 Å². The van der Waals surface area contributed by atoms with Crippen LogP contribution < -0.4 is 0 Å². The Labute approximate surface area is 156 Å². The summed E-state index contributed by atoms with van der Waals surface area (Å²) in [6.07, 6.45) is 1.72. The summed E-state index contributed by atoms with van der Waals surface area (Å²) < 4.78 is 5.48. The summed E-state index contributed by atoms with van der Waals surface area (Å²) in [7, 11) is 0. The van der Waals surface area contributed by atoms with Crippen molar-refractivity contribution in [2.45, 2.75) is 25.8 Å². The highest BCUT2D eigenvalue weighted by molar-refractivity contribution is 6.33. The minimum atomic E-state index is -0.201. The number of rotatable bonds is 3. The maximum Gasteiger partial charge on any atom is 0.254 e. The number of halogens is 1. The fraction of sp³-hybridized carbons (Fsp3) is 0.250. The molecule has 0 N–H and O–H groups in total. The molecule has 0 saturated carbocycles. The van der Waals surface area contributed by atoms with E-state index < -0.39 is 0 Å². The predicted molar refractivity (Wildman–Crippen MR) is 98.9 cm³/mol. The number of amides is 1. The summed E-state index contributed by atoms with van der Waals surface area (Å²) in [4.78, 5) is 19.2. The molecule has 1 amide bonds. The van der Waals surface area contributed by atoms with E-state index in [2.05, 4.69) is 10.1 Å². The highest BCUT2D eigenvalue weighted by Crippen LogP contribution is 2.34. The molecule has 4 rings (SSSR count). The molecule has 132 valence electrons. The first kappa shape index (κ1) is 16.8. The number of likely N-dealkylation sites (tertiary alicyclic amines) is 1. The maximum atomic E-state index is 12.9. The van der Waals surface area contributed by atoms with Gasteiger partial charge in [0.2, 0.25) is 11.7 Å². The Kier molecular flexibility index (Phi) is 4.47. The maximum absolute atomic E-state index is 12.9. The topological polar surface area (TPSA) is 59.2 Å². The van der Waals surface area contributed by atoms with Crippen molar-refractivity contribution in [3.63, 3.8) is 0 Å². The molecule has 0 aliphatic carbocycles. The molecule has 1 aliphatic rings. The van der Waals surface area contributed by atoms with Gasteiger partial charge in [0.1, 0.15) is 6.04 Å². The molecule has 1 aliphatic heterocycles. The number of carbonyl (C=O) groups is 1. The Hall–Kier alpha value is -2.66. The van der Waals surface area contributed by atoms with E-state index in [1.165, 1.54) is 0 Å². The summed E-state index contributed by atoms with van der Waals surface area (Å²) >= 11 is 6.21. The third-order valence-corrected chi connectivity index (χ3v) is 4.98. The highest BCUT2D eigenvalue weighted by Gasteiger charge is 2.34. The van der Waals surface area contributed by atoms with Crippen LogP contribution in [0.15, 0.2) is 53.1 Å². The molecule has 0 bridgehead atoms. The van der Waals surface area contributed by atoms with Crippen LogP contribution in [-0.2, 0) is 0 Å². The number of aromatic nitrogens is 2. The standard InChI is InChI=1S/C20H18ClN3O2/c1-13-8-10-14(11-9-13)20(25)24-12-4-7-17(24)19-22-18(23-26-19)15-5-2-3-6-16(15)21/h2-3,5-6,8-11,17H,4,7,12H2,1H3/t17-/m0/s1. The third-order valence-electron chi connectivity index (χ3n) is 4.65. The van der Waals surface area contributed by atoms with E-state index in [-0.39, 0.29) is 11.9 Å². The molecule has 0 radical (unpaired) electrons. The van der Waals surface area contributed by atoms with Gasteiger partial charge in [0, 0.05) is 17.7 Å². The van der Waals surface area contributed by atoms with Gasteiger partial charge in [0.25, 0.3) is 5.91 Å². The Morgan fingerprint density at radius 1 is 1.19 bits per heavy atom. The lowest BCUT2D eigenvalue weighted by Gasteiger charge is -2.22. The van der Waals surface area contributed by atoms with Crippen LogP contribution in [0.25, 0.3) is 11.4 Å². The van der Waals surface area contributed by atoms with E-state index in [1.54, 1.807) is 6.07 Å². The van der Waals surface area contributed by atoms with E-state index in [0.717, 1.165) is 24.0 Å². The molecule has 2 aromatic carbocycles. The molecule has 3 aromatic rings. The Balaban J connectivity index is 1.60. The smallest absolute Gasteiger partial charge is 0.254 e. The Morgan fingerprint density at radius 2 is 1.96 bits per heavy atom. The zero-order valence-electron chi connectivity index (χ0n) is 14.4. The van der Waals surface area contributed by atoms with E-state index in [0.29, 0.717) is 28.8 Å². The van der Waals surface area contributed by atoms with Gasteiger partial charge >= 0.3 is 0 Å². The second-order valence-electron chi connectivity index (χ2n) is 6.46. The van der Waals surface area contributed by atoms with Crippen LogP contribution >= 0.6 is 11.6 Å². The zero-order chi connectivity index (χ0) is 18.1. The Morgan fingerprint density at radius 3 is 2.73 bits per heavy atom. The molecular weight excluding hydrogens is 350 g/mol. The van der Waals surface area contributed by atoms with Crippen molar-refractivity contribution in [3.05, 3.63) is 70.6 Å². The molecule has 1 atom stereocenters. The summed E-state index contributed by atoms with van der Waals surface area (Å²) in [6.45, 7) is 2.68. The molecule has 0 unspecified atom stereocenters. The van der Waals surface area contributed by atoms with Gasteiger partial charge in [0.05, 0.1) is 5.02 Å². The van der Waals surface area contributed by atoms with Crippen LogP contribution in [0.1, 0.15) is 40.7 Å². The molecule has 0 spiro atoms. The lowest BCUT2D eigenvalue weighted by molar-refractivity contribution is 0.0710. The van der Waals surface area contributed by atoms with Crippen LogP contribution in [0, 0.1) is 6.92 Å². The second kappa shape index (κ2) is 6.92. The van der Waals surface area contributed by atoms with E-state index >= 15 is 0 Å². The number of hydrogen-bond acceptors (Lipinski definition) is 4. The lowest BCUT2D eigenvalue weighted by Crippen LogP contribution is -2.30. The van der Waals surface area contributed by atoms with Crippen molar-refractivity contribution in [2.75, 3.05) is 6.54 Å². The normalized spacial score (nSPS) is 16.8. The van der Waals surface area contributed by atoms with Gasteiger partial charge in [-0.15, -0.1) is 0 Å². The van der Waals surface area contributed by atoms with Crippen LogP contribution in [0.3, 0.4) is 0 Å². The first-order valence-electron chi connectivity index (χ1n) is 8.59. The summed E-state index contributed by atoms with van der Waals surface area (Å²) in [5, 5.41) is 4.63.